The topological polar surface area (TPSA) is 43.8 Å². The van der Waals surface area contributed by atoms with Crippen molar-refractivity contribution in [2.24, 2.45) is 5.73 Å². The lowest BCUT2D eigenvalue weighted by Gasteiger charge is -2.21. The van der Waals surface area contributed by atoms with Gasteiger partial charge in [0.1, 0.15) is 0 Å². The molecule has 108 valence electrons. The summed E-state index contributed by atoms with van der Waals surface area (Å²) in [6.45, 7) is 4.43. The molecule has 1 aromatic rings. The van der Waals surface area contributed by atoms with Gasteiger partial charge in [-0.15, -0.1) is 0 Å². The molecule has 1 aromatic heterocycles. The van der Waals surface area contributed by atoms with Crippen LogP contribution in [0, 0.1) is 0 Å². The molecule has 2 rings (SSSR count). The van der Waals surface area contributed by atoms with Gasteiger partial charge in [-0.25, -0.2) is 0 Å². The quantitative estimate of drug-likeness (QED) is 0.869. The number of nitrogens with two attached hydrogens (primary N) is 1. The van der Waals surface area contributed by atoms with Crippen molar-refractivity contribution in [2.45, 2.75) is 69.7 Å². The van der Waals surface area contributed by atoms with Crippen LogP contribution >= 0.6 is 11.8 Å². The first-order valence-electron chi connectivity index (χ1n) is 7.56. The third-order valence-corrected chi connectivity index (χ3v) is 5.01. The third-order valence-electron chi connectivity index (χ3n) is 3.73. The zero-order valence-corrected chi connectivity index (χ0v) is 13.0. The summed E-state index contributed by atoms with van der Waals surface area (Å²) in [5.74, 6) is 1.02. The van der Waals surface area contributed by atoms with Crippen LogP contribution in [0.2, 0.25) is 0 Å². The molecule has 0 amide bonds. The van der Waals surface area contributed by atoms with Gasteiger partial charge in [-0.1, -0.05) is 33.1 Å². The smallest absolute Gasteiger partial charge is 0.0640 e. The van der Waals surface area contributed by atoms with Crippen LogP contribution in [0.15, 0.2) is 12.3 Å². The lowest BCUT2D eigenvalue weighted by atomic mass is 9.96. The monoisotopic (exact) mass is 281 g/mol. The van der Waals surface area contributed by atoms with Gasteiger partial charge in [0.15, 0.2) is 0 Å². The molecule has 19 heavy (non-hydrogen) atoms. The van der Waals surface area contributed by atoms with Crippen LogP contribution in [0.5, 0.6) is 0 Å². The van der Waals surface area contributed by atoms with Gasteiger partial charge in [0.25, 0.3) is 0 Å². The van der Waals surface area contributed by atoms with Crippen molar-refractivity contribution in [1.82, 2.24) is 9.78 Å². The highest BCUT2D eigenvalue weighted by Gasteiger charge is 2.16. The molecule has 0 spiro atoms. The summed E-state index contributed by atoms with van der Waals surface area (Å²) in [7, 11) is 0. The van der Waals surface area contributed by atoms with Crippen molar-refractivity contribution in [3.8, 4) is 0 Å². The van der Waals surface area contributed by atoms with Gasteiger partial charge in [-0.05, 0) is 24.2 Å². The lowest BCUT2D eigenvalue weighted by molar-refractivity contribution is 0.328. The van der Waals surface area contributed by atoms with E-state index in [1.807, 2.05) is 11.8 Å². The van der Waals surface area contributed by atoms with E-state index in [0.29, 0.717) is 11.3 Å². The Kier molecular flexibility index (Phi) is 5.76. The van der Waals surface area contributed by atoms with Crippen molar-refractivity contribution in [2.75, 3.05) is 5.75 Å². The Morgan fingerprint density at radius 3 is 2.79 bits per heavy atom. The largest absolute Gasteiger partial charge is 0.327 e. The van der Waals surface area contributed by atoms with Gasteiger partial charge in [0.05, 0.1) is 11.7 Å². The SMILES string of the molecule is CC(C)SCC(N)Cc1ccn(C2CCCCC2)n1. The predicted molar refractivity (Wildman–Crippen MR) is 83.6 cm³/mol. The van der Waals surface area contributed by atoms with Gasteiger partial charge in [0.2, 0.25) is 0 Å². The fourth-order valence-corrected chi connectivity index (χ4v) is 3.43. The number of nitrogens with zero attached hydrogens (tertiary/aromatic N) is 2. The number of hydrogen-bond acceptors (Lipinski definition) is 3. The molecule has 1 unspecified atom stereocenters. The summed E-state index contributed by atoms with van der Waals surface area (Å²) in [5.41, 5.74) is 7.33. The van der Waals surface area contributed by atoms with Gasteiger partial charge in [0, 0.05) is 24.4 Å². The molecule has 1 saturated carbocycles. The van der Waals surface area contributed by atoms with Crippen LogP contribution in [0.3, 0.4) is 0 Å². The zero-order chi connectivity index (χ0) is 13.7. The number of hydrogen-bond donors (Lipinski definition) is 1. The number of aromatic nitrogens is 2. The van der Waals surface area contributed by atoms with Crippen molar-refractivity contribution in [3.63, 3.8) is 0 Å². The molecule has 3 nitrogen and oxygen atoms in total. The van der Waals surface area contributed by atoms with Gasteiger partial charge in [-0.2, -0.15) is 16.9 Å². The first kappa shape index (κ1) is 14.9. The van der Waals surface area contributed by atoms with Crippen molar-refractivity contribution < 1.29 is 0 Å². The van der Waals surface area contributed by atoms with E-state index >= 15 is 0 Å². The zero-order valence-electron chi connectivity index (χ0n) is 12.2. The maximum absolute atomic E-state index is 6.17. The summed E-state index contributed by atoms with van der Waals surface area (Å²) < 4.78 is 2.18. The first-order valence-corrected chi connectivity index (χ1v) is 8.61. The molecule has 2 N–H and O–H groups in total. The molecular weight excluding hydrogens is 254 g/mol. The molecule has 0 radical (unpaired) electrons. The maximum Gasteiger partial charge on any atom is 0.0640 e. The molecule has 1 aliphatic carbocycles. The minimum atomic E-state index is 0.224. The highest BCUT2D eigenvalue weighted by Crippen LogP contribution is 2.27. The second kappa shape index (κ2) is 7.34. The molecule has 4 heteroatoms. The Hall–Kier alpha value is -0.480. The van der Waals surface area contributed by atoms with Crippen LogP contribution in [-0.2, 0) is 6.42 Å². The Balaban J connectivity index is 1.82. The average Bonchev–Trinajstić information content (AvgIpc) is 2.86. The summed E-state index contributed by atoms with van der Waals surface area (Å²) in [6, 6.07) is 3.00. The predicted octanol–water partition coefficient (Wildman–Crippen LogP) is 3.40. The molecule has 0 aromatic carbocycles. The van der Waals surface area contributed by atoms with E-state index in [1.54, 1.807) is 0 Å². The number of thioether (sulfide) groups is 1. The van der Waals surface area contributed by atoms with Crippen LogP contribution < -0.4 is 5.73 Å². The van der Waals surface area contributed by atoms with E-state index in [9.17, 15) is 0 Å². The van der Waals surface area contributed by atoms with E-state index in [-0.39, 0.29) is 6.04 Å². The molecule has 0 saturated heterocycles. The van der Waals surface area contributed by atoms with E-state index in [2.05, 4.69) is 30.8 Å². The summed E-state index contributed by atoms with van der Waals surface area (Å²) in [5, 5.41) is 5.39. The first-order chi connectivity index (χ1) is 9.15. The van der Waals surface area contributed by atoms with E-state index in [4.69, 9.17) is 10.8 Å². The molecule has 1 heterocycles. The lowest BCUT2D eigenvalue weighted by Crippen LogP contribution is -2.26. The number of rotatable bonds is 6. The Morgan fingerprint density at radius 2 is 2.11 bits per heavy atom. The minimum absolute atomic E-state index is 0.224. The Labute approximate surface area is 121 Å². The van der Waals surface area contributed by atoms with E-state index in [0.717, 1.165) is 17.9 Å². The Bertz CT molecular complexity index is 369. The fourth-order valence-electron chi connectivity index (χ4n) is 2.68. The highest BCUT2D eigenvalue weighted by atomic mass is 32.2. The maximum atomic E-state index is 6.17. The molecule has 0 aliphatic heterocycles. The van der Waals surface area contributed by atoms with Gasteiger partial charge >= 0.3 is 0 Å². The second-order valence-corrected chi connectivity index (χ2v) is 7.53. The summed E-state index contributed by atoms with van der Waals surface area (Å²) in [4.78, 5) is 0. The van der Waals surface area contributed by atoms with E-state index < -0.39 is 0 Å². The van der Waals surface area contributed by atoms with Crippen LogP contribution in [0.25, 0.3) is 0 Å². The highest BCUT2D eigenvalue weighted by molar-refractivity contribution is 7.99. The molecule has 1 aliphatic rings. The fraction of sp³-hybridized carbons (Fsp3) is 0.800. The van der Waals surface area contributed by atoms with Crippen LogP contribution in [0.1, 0.15) is 57.7 Å². The second-order valence-electron chi connectivity index (χ2n) is 5.93. The minimum Gasteiger partial charge on any atom is -0.327 e. The van der Waals surface area contributed by atoms with Crippen LogP contribution in [0.4, 0.5) is 0 Å². The normalized spacial score (nSPS) is 18.9. The van der Waals surface area contributed by atoms with Crippen molar-refractivity contribution in [3.05, 3.63) is 18.0 Å². The Morgan fingerprint density at radius 1 is 1.37 bits per heavy atom. The molecule has 1 fully saturated rings. The summed E-state index contributed by atoms with van der Waals surface area (Å²) in [6.07, 6.45) is 9.72. The molecular formula is C15H27N3S. The van der Waals surface area contributed by atoms with E-state index in [1.165, 1.54) is 32.1 Å². The van der Waals surface area contributed by atoms with Crippen LogP contribution in [-0.4, -0.2) is 26.8 Å². The van der Waals surface area contributed by atoms with Gasteiger partial charge in [-0.3, -0.25) is 4.68 Å². The average molecular weight is 281 g/mol. The molecule has 0 bridgehead atoms. The standard InChI is InChI=1S/C15H27N3S/c1-12(2)19-11-13(16)10-14-8-9-18(17-14)15-6-4-3-5-7-15/h8-9,12-13,15H,3-7,10-11,16H2,1-2H3. The summed E-state index contributed by atoms with van der Waals surface area (Å²) >= 11 is 1.93. The van der Waals surface area contributed by atoms with Crippen molar-refractivity contribution in [1.29, 1.82) is 0 Å². The molecule has 1 atom stereocenters. The van der Waals surface area contributed by atoms with Gasteiger partial charge < -0.3 is 5.73 Å². The van der Waals surface area contributed by atoms with Crippen molar-refractivity contribution >= 4 is 11.8 Å². The third kappa shape index (κ3) is 4.84.